The van der Waals surface area contributed by atoms with Crippen LogP contribution in [0.5, 0.6) is 0 Å². The third kappa shape index (κ3) is 3.40. The molecule has 1 N–H and O–H groups in total. The number of carbonyl (C=O) groups is 1. The Morgan fingerprint density at radius 1 is 1.00 bits per heavy atom. The molecule has 1 amide bonds. The van der Waals surface area contributed by atoms with Gasteiger partial charge in [0, 0.05) is 0 Å². The second kappa shape index (κ2) is 5.96. The van der Waals surface area contributed by atoms with Crippen LogP contribution in [0, 0.1) is 29.1 Å². The first-order chi connectivity index (χ1) is 8.75. The number of hydrogen-bond acceptors (Lipinski definition) is 2. The van der Waals surface area contributed by atoms with Gasteiger partial charge in [0.05, 0.1) is 6.10 Å². The maximum atomic E-state index is 13.2. The summed E-state index contributed by atoms with van der Waals surface area (Å²) in [6.45, 7) is 2.63. The van der Waals surface area contributed by atoms with Crippen LogP contribution in [0.15, 0.2) is 0 Å². The van der Waals surface area contributed by atoms with Gasteiger partial charge in [-0.25, -0.2) is 22.0 Å². The van der Waals surface area contributed by atoms with E-state index in [1.807, 2.05) is 0 Å². The van der Waals surface area contributed by atoms with Gasteiger partial charge in [-0.1, -0.05) is 0 Å². The summed E-state index contributed by atoms with van der Waals surface area (Å²) in [7, 11) is 0. The van der Waals surface area contributed by atoms with E-state index in [9.17, 15) is 26.7 Å². The molecule has 0 heterocycles. The fourth-order valence-corrected chi connectivity index (χ4v) is 1.13. The van der Waals surface area contributed by atoms with Crippen molar-refractivity contribution in [2.24, 2.45) is 0 Å². The highest BCUT2D eigenvalue weighted by Gasteiger charge is 2.26. The molecule has 0 aliphatic heterocycles. The Balaban J connectivity index is 2.99. The molecular weight excluding hydrogens is 273 g/mol. The molecule has 0 saturated carbocycles. The van der Waals surface area contributed by atoms with Crippen LogP contribution < -0.4 is 5.32 Å². The Bertz CT molecular complexity index is 475. The van der Waals surface area contributed by atoms with E-state index in [0.717, 1.165) is 0 Å². The molecule has 0 aliphatic rings. The molecule has 0 saturated heterocycles. The second-order valence-electron chi connectivity index (χ2n) is 3.85. The number of amides is 1. The number of hydrogen-bond donors (Lipinski definition) is 1. The zero-order valence-electron chi connectivity index (χ0n) is 9.99. The highest BCUT2D eigenvalue weighted by atomic mass is 19.2. The van der Waals surface area contributed by atoms with E-state index < -0.39 is 47.3 Å². The molecule has 0 spiro atoms. The molecule has 0 bridgehead atoms. The molecule has 0 aliphatic carbocycles. The first kappa shape index (κ1) is 15.4. The molecule has 0 atom stereocenters. The van der Waals surface area contributed by atoms with Crippen molar-refractivity contribution in [3.63, 3.8) is 0 Å². The monoisotopic (exact) mass is 283 g/mol. The fraction of sp³-hybridized carbons (Fsp3) is 0.364. The van der Waals surface area contributed by atoms with Crippen LogP contribution in [0.1, 0.15) is 13.8 Å². The molecule has 8 heteroatoms. The molecule has 3 nitrogen and oxygen atoms in total. The van der Waals surface area contributed by atoms with Gasteiger partial charge in [0.2, 0.25) is 5.82 Å². The molecule has 1 rings (SSSR count). The molecule has 1 aromatic carbocycles. The fourth-order valence-electron chi connectivity index (χ4n) is 1.13. The lowest BCUT2D eigenvalue weighted by Crippen LogP contribution is -2.23. The van der Waals surface area contributed by atoms with Gasteiger partial charge in [-0.15, -0.1) is 0 Å². The lowest BCUT2D eigenvalue weighted by atomic mass is 10.2. The Kier molecular flexibility index (Phi) is 4.82. The van der Waals surface area contributed by atoms with Crippen molar-refractivity contribution in [1.29, 1.82) is 0 Å². The van der Waals surface area contributed by atoms with Crippen molar-refractivity contribution in [3.8, 4) is 0 Å². The zero-order chi connectivity index (χ0) is 14.7. The molecular formula is C11H10F5NO2. The highest BCUT2D eigenvalue weighted by Crippen LogP contribution is 2.26. The summed E-state index contributed by atoms with van der Waals surface area (Å²) in [5.41, 5.74) is -1.39. The van der Waals surface area contributed by atoms with Crippen molar-refractivity contribution in [2.75, 3.05) is 11.9 Å². The van der Waals surface area contributed by atoms with Crippen LogP contribution in [0.3, 0.4) is 0 Å². The smallest absolute Gasteiger partial charge is 0.250 e. The Morgan fingerprint density at radius 3 is 1.84 bits per heavy atom. The summed E-state index contributed by atoms with van der Waals surface area (Å²) in [5.74, 6) is -11.8. The topological polar surface area (TPSA) is 38.3 Å². The number of rotatable bonds is 4. The lowest BCUT2D eigenvalue weighted by Gasteiger charge is -2.11. The normalized spacial score (nSPS) is 10.9. The van der Waals surface area contributed by atoms with E-state index in [1.54, 1.807) is 19.2 Å². The van der Waals surface area contributed by atoms with Gasteiger partial charge in [-0.3, -0.25) is 4.79 Å². The average Bonchev–Trinajstić information content (AvgIpc) is 2.36. The highest BCUT2D eigenvalue weighted by molar-refractivity contribution is 5.92. The van der Waals surface area contributed by atoms with E-state index in [-0.39, 0.29) is 6.10 Å². The van der Waals surface area contributed by atoms with Crippen molar-refractivity contribution < 1.29 is 31.5 Å². The van der Waals surface area contributed by atoms with Gasteiger partial charge in [0.15, 0.2) is 23.3 Å². The molecule has 0 radical (unpaired) electrons. The Hall–Kier alpha value is -1.70. The first-order valence-corrected chi connectivity index (χ1v) is 5.18. The molecule has 1 aromatic rings. The Labute approximate surface area is 105 Å². The van der Waals surface area contributed by atoms with E-state index in [0.29, 0.717) is 0 Å². The molecule has 0 fully saturated rings. The number of ether oxygens (including phenoxy) is 1. The van der Waals surface area contributed by atoms with Crippen molar-refractivity contribution >= 4 is 11.6 Å². The van der Waals surface area contributed by atoms with Crippen molar-refractivity contribution in [1.82, 2.24) is 0 Å². The number of carbonyl (C=O) groups excluding carboxylic acids is 1. The summed E-state index contributed by atoms with van der Waals surface area (Å²) in [5, 5.41) is 1.58. The molecule has 106 valence electrons. The van der Waals surface area contributed by atoms with Gasteiger partial charge in [0.25, 0.3) is 5.91 Å². The van der Waals surface area contributed by atoms with Crippen LogP contribution in [0.2, 0.25) is 0 Å². The van der Waals surface area contributed by atoms with Gasteiger partial charge < -0.3 is 10.1 Å². The second-order valence-corrected chi connectivity index (χ2v) is 3.85. The minimum atomic E-state index is -2.29. The predicted molar refractivity (Wildman–Crippen MR) is 55.9 cm³/mol. The SMILES string of the molecule is CC(C)OCC(=O)Nc1c(F)c(F)c(F)c(F)c1F. The van der Waals surface area contributed by atoms with Gasteiger partial charge in [-0.2, -0.15) is 0 Å². The van der Waals surface area contributed by atoms with E-state index in [2.05, 4.69) is 0 Å². The lowest BCUT2D eigenvalue weighted by molar-refractivity contribution is -0.122. The molecule has 19 heavy (non-hydrogen) atoms. The van der Waals surface area contributed by atoms with E-state index in [1.165, 1.54) is 0 Å². The van der Waals surface area contributed by atoms with Crippen LogP contribution >= 0.6 is 0 Å². The van der Waals surface area contributed by atoms with Crippen LogP contribution in [-0.2, 0) is 9.53 Å². The van der Waals surface area contributed by atoms with Crippen LogP contribution in [0.25, 0.3) is 0 Å². The first-order valence-electron chi connectivity index (χ1n) is 5.18. The minimum absolute atomic E-state index is 0.331. The summed E-state index contributed by atoms with van der Waals surface area (Å²) in [4.78, 5) is 11.2. The summed E-state index contributed by atoms with van der Waals surface area (Å²) in [6, 6.07) is 0. The van der Waals surface area contributed by atoms with Gasteiger partial charge in [0.1, 0.15) is 12.3 Å². The summed E-state index contributed by atoms with van der Waals surface area (Å²) < 4.78 is 69.6. The minimum Gasteiger partial charge on any atom is -0.369 e. The van der Waals surface area contributed by atoms with E-state index in [4.69, 9.17) is 4.74 Å². The molecule has 0 aromatic heterocycles. The standard InChI is InChI=1S/C11H10F5NO2/c1-4(2)19-3-5(18)17-11-9(15)7(13)6(12)8(14)10(11)16/h4H,3H2,1-2H3,(H,17,18). The number of benzene rings is 1. The predicted octanol–water partition coefficient (Wildman–Crippen LogP) is 2.75. The van der Waals surface area contributed by atoms with Crippen molar-refractivity contribution in [2.45, 2.75) is 20.0 Å². The van der Waals surface area contributed by atoms with Crippen LogP contribution in [-0.4, -0.2) is 18.6 Å². The largest absolute Gasteiger partial charge is 0.369 e. The van der Waals surface area contributed by atoms with E-state index >= 15 is 0 Å². The van der Waals surface area contributed by atoms with Crippen LogP contribution in [0.4, 0.5) is 27.6 Å². The van der Waals surface area contributed by atoms with Gasteiger partial charge >= 0.3 is 0 Å². The molecule has 0 unspecified atom stereocenters. The quantitative estimate of drug-likeness (QED) is 0.524. The third-order valence-corrected chi connectivity index (χ3v) is 2.02. The summed E-state index contributed by atoms with van der Waals surface area (Å²) >= 11 is 0. The van der Waals surface area contributed by atoms with Crippen molar-refractivity contribution in [3.05, 3.63) is 29.1 Å². The zero-order valence-corrected chi connectivity index (χ0v) is 9.99. The maximum Gasteiger partial charge on any atom is 0.250 e. The Morgan fingerprint density at radius 2 is 1.42 bits per heavy atom. The number of nitrogens with one attached hydrogen (secondary N) is 1. The summed E-state index contributed by atoms with van der Waals surface area (Å²) in [6.07, 6.45) is -0.331. The average molecular weight is 283 g/mol. The number of anilines is 1. The third-order valence-electron chi connectivity index (χ3n) is 2.02. The number of halogens is 5. The van der Waals surface area contributed by atoms with Gasteiger partial charge in [-0.05, 0) is 13.8 Å². The maximum absolute atomic E-state index is 13.2.